The van der Waals surface area contributed by atoms with Gasteiger partial charge in [0.25, 0.3) is 0 Å². The van der Waals surface area contributed by atoms with Gasteiger partial charge in [-0.2, -0.15) is 0 Å². The second kappa shape index (κ2) is 6.16. The number of aromatic nitrogens is 1. The average Bonchev–Trinajstić information content (AvgIpc) is 2.82. The van der Waals surface area contributed by atoms with E-state index in [4.69, 9.17) is 4.42 Å². The summed E-state index contributed by atoms with van der Waals surface area (Å²) in [5, 5.41) is 2.75. The van der Waals surface area contributed by atoms with Gasteiger partial charge in [0.1, 0.15) is 6.54 Å². The fraction of sp³-hybridized carbons (Fsp3) is 0.167. The third kappa shape index (κ3) is 3.12. The minimum Gasteiger partial charge on any atom is -0.408 e. The van der Waals surface area contributed by atoms with Crippen molar-refractivity contribution in [2.24, 2.45) is 0 Å². The maximum atomic E-state index is 12.2. The van der Waals surface area contributed by atoms with E-state index in [0.29, 0.717) is 16.8 Å². The summed E-state index contributed by atoms with van der Waals surface area (Å²) in [5.74, 6) is -1.09. The Kier molecular flexibility index (Phi) is 4.04. The summed E-state index contributed by atoms with van der Waals surface area (Å²) in [5.41, 5.74) is 2.91. The highest BCUT2D eigenvalue weighted by atomic mass is 16.4. The first-order valence-corrected chi connectivity index (χ1v) is 7.45. The van der Waals surface area contributed by atoms with Gasteiger partial charge in [-0.15, -0.1) is 0 Å². The number of hydrogen-bond acceptors (Lipinski definition) is 4. The van der Waals surface area contributed by atoms with Crippen LogP contribution in [0.5, 0.6) is 0 Å². The molecule has 0 spiro atoms. The molecule has 122 valence electrons. The minimum atomic E-state index is -0.634. The molecule has 0 aliphatic rings. The SMILES string of the molecule is CC(=O)c1ccc2c(c1)oc(=O)n2CC(=O)Nc1cccc(C)c1. The van der Waals surface area contributed by atoms with Crippen LogP contribution in [0.15, 0.2) is 51.7 Å². The van der Waals surface area contributed by atoms with Crippen molar-refractivity contribution in [2.75, 3.05) is 5.32 Å². The van der Waals surface area contributed by atoms with Crippen LogP contribution in [0.4, 0.5) is 5.69 Å². The summed E-state index contributed by atoms with van der Waals surface area (Å²) in [6.07, 6.45) is 0. The molecule has 0 radical (unpaired) electrons. The van der Waals surface area contributed by atoms with Crippen molar-refractivity contribution in [3.8, 4) is 0 Å². The maximum absolute atomic E-state index is 12.2. The summed E-state index contributed by atoms with van der Waals surface area (Å²) in [6, 6.07) is 12.1. The standard InChI is InChI=1S/C18H16N2O4/c1-11-4-3-5-14(8-11)19-17(22)10-20-15-7-6-13(12(2)21)9-16(15)24-18(20)23/h3-9H,10H2,1-2H3,(H,19,22). The van der Waals surface area contributed by atoms with Gasteiger partial charge in [0.15, 0.2) is 11.4 Å². The number of hydrogen-bond donors (Lipinski definition) is 1. The number of anilines is 1. The van der Waals surface area contributed by atoms with Crippen molar-refractivity contribution in [1.82, 2.24) is 4.57 Å². The average molecular weight is 324 g/mol. The summed E-state index contributed by atoms with van der Waals surface area (Å²) in [6.45, 7) is 3.20. The predicted molar refractivity (Wildman–Crippen MR) is 90.3 cm³/mol. The number of nitrogens with one attached hydrogen (secondary N) is 1. The molecule has 6 heteroatoms. The van der Waals surface area contributed by atoms with Crippen LogP contribution < -0.4 is 11.1 Å². The number of carbonyl (C=O) groups excluding carboxylic acids is 2. The molecule has 0 bridgehead atoms. The van der Waals surface area contributed by atoms with Crippen LogP contribution in [0, 0.1) is 6.92 Å². The topological polar surface area (TPSA) is 81.3 Å². The van der Waals surface area contributed by atoms with Crippen LogP contribution in [0.25, 0.3) is 11.1 Å². The molecule has 0 unspecified atom stereocenters. The molecule has 0 aliphatic carbocycles. The number of rotatable bonds is 4. The van der Waals surface area contributed by atoms with Gasteiger partial charge in [0.2, 0.25) is 5.91 Å². The highest BCUT2D eigenvalue weighted by molar-refractivity contribution is 5.97. The lowest BCUT2D eigenvalue weighted by atomic mass is 10.1. The molecule has 1 aromatic heterocycles. The Morgan fingerprint density at radius 3 is 2.67 bits per heavy atom. The summed E-state index contributed by atoms with van der Waals surface area (Å²) < 4.78 is 6.38. The zero-order chi connectivity index (χ0) is 17.3. The van der Waals surface area contributed by atoms with E-state index in [1.54, 1.807) is 18.2 Å². The Bertz CT molecular complexity index is 998. The molecule has 1 heterocycles. The first-order valence-electron chi connectivity index (χ1n) is 7.45. The molecule has 3 aromatic rings. The fourth-order valence-electron chi connectivity index (χ4n) is 2.50. The lowest BCUT2D eigenvalue weighted by Crippen LogP contribution is -2.24. The van der Waals surface area contributed by atoms with Crippen LogP contribution in [-0.4, -0.2) is 16.3 Å². The summed E-state index contributed by atoms with van der Waals surface area (Å²) in [4.78, 5) is 35.6. The van der Waals surface area contributed by atoms with Crippen molar-refractivity contribution in [3.05, 3.63) is 64.1 Å². The molecule has 0 saturated heterocycles. The van der Waals surface area contributed by atoms with Crippen molar-refractivity contribution in [3.63, 3.8) is 0 Å². The van der Waals surface area contributed by atoms with Gasteiger partial charge < -0.3 is 9.73 Å². The van der Waals surface area contributed by atoms with Crippen molar-refractivity contribution in [2.45, 2.75) is 20.4 Å². The Hall–Kier alpha value is -3.15. The number of benzene rings is 2. The first-order chi connectivity index (χ1) is 11.4. The van der Waals surface area contributed by atoms with E-state index in [0.717, 1.165) is 5.56 Å². The van der Waals surface area contributed by atoms with E-state index in [1.807, 2.05) is 25.1 Å². The molecule has 0 atom stereocenters. The molecular formula is C18H16N2O4. The molecule has 1 amide bonds. The second-order valence-electron chi connectivity index (χ2n) is 5.61. The Balaban J connectivity index is 1.87. The van der Waals surface area contributed by atoms with Gasteiger partial charge in [-0.25, -0.2) is 4.79 Å². The van der Waals surface area contributed by atoms with Crippen molar-refractivity contribution < 1.29 is 14.0 Å². The maximum Gasteiger partial charge on any atom is 0.420 e. The van der Waals surface area contributed by atoms with E-state index < -0.39 is 5.76 Å². The number of ketones is 1. The van der Waals surface area contributed by atoms with Gasteiger partial charge >= 0.3 is 5.76 Å². The van der Waals surface area contributed by atoms with Gasteiger partial charge in [-0.1, -0.05) is 12.1 Å². The van der Waals surface area contributed by atoms with E-state index in [1.165, 1.54) is 17.6 Å². The summed E-state index contributed by atoms with van der Waals surface area (Å²) in [7, 11) is 0. The second-order valence-corrected chi connectivity index (χ2v) is 5.61. The monoisotopic (exact) mass is 324 g/mol. The molecule has 24 heavy (non-hydrogen) atoms. The molecule has 0 fully saturated rings. The number of carbonyl (C=O) groups is 2. The Morgan fingerprint density at radius 2 is 1.96 bits per heavy atom. The third-order valence-electron chi connectivity index (χ3n) is 3.68. The van der Waals surface area contributed by atoms with Crippen molar-refractivity contribution >= 4 is 28.5 Å². The molecule has 1 N–H and O–H groups in total. The van der Waals surface area contributed by atoms with Crippen LogP contribution in [0.3, 0.4) is 0 Å². The minimum absolute atomic E-state index is 0.121. The van der Waals surface area contributed by atoms with E-state index in [-0.39, 0.29) is 23.8 Å². The van der Waals surface area contributed by atoms with E-state index in [2.05, 4.69) is 5.32 Å². The Morgan fingerprint density at radius 1 is 1.17 bits per heavy atom. The fourth-order valence-corrected chi connectivity index (χ4v) is 2.50. The molecule has 2 aromatic carbocycles. The molecule has 3 rings (SSSR count). The van der Waals surface area contributed by atoms with Gasteiger partial charge in [0, 0.05) is 11.3 Å². The normalized spacial score (nSPS) is 10.8. The van der Waals surface area contributed by atoms with Gasteiger partial charge in [-0.3, -0.25) is 14.2 Å². The first kappa shape index (κ1) is 15.7. The molecule has 0 aliphatic heterocycles. The predicted octanol–water partition coefficient (Wildman–Crippen LogP) is 2.74. The number of amides is 1. The zero-order valence-corrected chi connectivity index (χ0v) is 13.3. The molecular weight excluding hydrogens is 308 g/mol. The molecule has 6 nitrogen and oxygen atoms in total. The van der Waals surface area contributed by atoms with Crippen LogP contribution in [0.1, 0.15) is 22.8 Å². The van der Waals surface area contributed by atoms with Gasteiger partial charge in [0.05, 0.1) is 5.52 Å². The van der Waals surface area contributed by atoms with Crippen LogP contribution >= 0.6 is 0 Å². The summed E-state index contributed by atoms with van der Waals surface area (Å²) >= 11 is 0. The van der Waals surface area contributed by atoms with E-state index >= 15 is 0 Å². The molecule has 0 saturated carbocycles. The smallest absolute Gasteiger partial charge is 0.408 e. The largest absolute Gasteiger partial charge is 0.420 e. The van der Waals surface area contributed by atoms with Crippen LogP contribution in [-0.2, 0) is 11.3 Å². The number of aryl methyl sites for hydroxylation is 1. The number of Topliss-reactive ketones (excluding diaryl/α,β-unsaturated/α-hetero) is 1. The third-order valence-corrected chi connectivity index (χ3v) is 3.68. The highest BCUT2D eigenvalue weighted by Crippen LogP contribution is 2.16. The lowest BCUT2D eigenvalue weighted by molar-refractivity contribution is -0.116. The van der Waals surface area contributed by atoms with Crippen LogP contribution in [0.2, 0.25) is 0 Å². The van der Waals surface area contributed by atoms with E-state index in [9.17, 15) is 14.4 Å². The zero-order valence-electron chi connectivity index (χ0n) is 13.3. The lowest BCUT2D eigenvalue weighted by Gasteiger charge is -2.06. The Labute approximate surface area is 137 Å². The highest BCUT2D eigenvalue weighted by Gasteiger charge is 2.14. The number of fused-ring (bicyclic) bond motifs is 1. The quantitative estimate of drug-likeness (QED) is 0.748. The van der Waals surface area contributed by atoms with Gasteiger partial charge in [-0.05, 0) is 49.7 Å². The van der Waals surface area contributed by atoms with Crippen molar-refractivity contribution in [1.29, 1.82) is 0 Å². The number of nitrogens with zero attached hydrogens (tertiary/aromatic N) is 1. The number of oxazole rings is 1.